The second kappa shape index (κ2) is 10.1. The molecule has 0 atom stereocenters. The van der Waals surface area contributed by atoms with E-state index in [-0.39, 0.29) is 0 Å². The highest BCUT2D eigenvalue weighted by Gasteiger charge is 2.24. The average molecular weight is 432 g/mol. The normalized spacial score (nSPS) is 18.4. The first kappa shape index (κ1) is 22.9. The Kier molecular flexibility index (Phi) is 7.25. The van der Waals surface area contributed by atoms with Crippen molar-refractivity contribution in [2.24, 2.45) is 5.92 Å². The summed E-state index contributed by atoms with van der Waals surface area (Å²) < 4.78 is 0. The molecule has 2 heterocycles. The molecule has 2 fully saturated rings. The minimum Gasteiger partial charge on any atom is -0.372 e. The molecule has 0 unspecified atom stereocenters. The van der Waals surface area contributed by atoms with Crippen molar-refractivity contribution in [3.8, 4) is 0 Å². The highest BCUT2D eigenvalue weighted by molar-refractivity contribution is 5.64. The van der Waals surface area contributed by atoms with Crippen LogP contribution in [0.3, 0.4) is 0 Å². The van der Waals surface area contributed by atoms with E-state index in [1.165, 1.54) is 73.6 Å². The number of piperidine rings is 1. The quantitative estimate of drug-likeness (QED) is 0.540. The lowest BCUT2D eigenvalue weighted by Gasteiger charge is -2.40. The van der Waals surface area contributed by atoms with Crippen LogP contribution in [0.25, 0.3) is 5.57 Å². The minimum atomic E-state index is 0.600. The van der Waals surface area contributed by atoms with Crippen molar-refractivity contribution >= 4 is 16.9 Å². The summed E-state index contributed by atoms with van der Waals surface area (Å²) in [5.41, 5.74) is 8.05. The van der Waals surface area contributed by atoms with Gasteiger partial charge in [-0.15, -0.1) is 0 Å². The molecule has 0 aliphatic carbocycles. The van der Waals surface area contributed by atoms with Crippen LogP contribution in [0.4, 0.5) is 11.4 Å². The van der Waals surface area contributed by atoms with E-state index in [4.69, 9.17) is 0 Å². The van der Waals surface area contributed by atoms with E-state index in [1.807, 2.05) is 0 Å². The Morgan fingerprint density at radius 2 is 1.47 bits per heavy atom. The Morgan fingerprint density at radius 1 is 0.875 bits per heavy atom. The molecule has 0 amide bonds. The molecule has 2 aliphatic heterocycles. The first-order chi connectivity index (χ1) is 15.4. The van der Waals surface area contributed by atoms with Crippen molar-refractivity contribution in [3.05, 3.63) is 65.7 Å². The molecule has 0 N–H and O–H groups in total. The van der Waals surface area contributed by atoms with Crippen LogP contribution in [0, 0.1) is 12.8 Å². The van der Waals surface area contributed by atoms with Gasteiger partial charge in [-0.05, 0) is 79.5 Å². The zero-order valence-electron chi connectivity index (χ0n) is 20.6. The van der Waals surface area contributed by atoms with E-state index in [2.05, 4.69) is 91.4 Å². The highest BCUT2D eigenvalue weighted by Crippen LogP contribution is 2.27. The van der Waals surface area contributed by atoms with E-state index in [0.717, 1.165) is 24.6 Å². The number of hydrogen-bond donors (Lipinski definition) is 0. The number of aryl methyl sites for hydroxylation is 1. The molecule has 3 nitrogen and oxygen atoms in total. The number of allylic oxidation sites excluding steroid dienone is 1. The zero-order chi connectivity index (χ0) is 22.7. The summed E-state index contributed by atoms with van der Waals surface area (Å²) in [4.78, 5) is 7.83. The number of nitrogens with zero attached hydrogens (tertiary/aromatic N) is 3. The number of rotatable bonds is 6. The van der Waals surface area contributed by atoms with Gasteiger partial charge in [-0.2, -0.15) is 0 Å². The lowest BCUT2D eigenvalue weighted by atomic mass is 9.95. The number of hydrogen-bond acceptors (Lipinski definition) is 3. The van der Waals surface area contributed by atoms with Gasteiger partial charge in [-0.3, -0.25) is 4.90 Å². The summed E-state index contributed by atoms with van der Waals surface area (Å²) in [6, 6.07) is 16.0. The molecule has 172 valence electrons. The molecule has 2 saturated heterocycles. The second-order valence-electron chi connectivity index (χ2n) is 10.2. The number of piperazine rings is 1. The van der Waals surface area contributed by atoms with Crippen LogP contribution < -0.4 is 9.80 Å². The van der Waals surface area contributed by atoms with Gasteiger partial charge in [0.05, 0.1) is 0 Å². The second-order valence-corrected chi connectivity index (χ2v) is 10.2. The standard InChI is InChI=1S/C29H41N3/c1-22(2)26-6-8-27(9-7-26)31-14-12-25(13-15-31)21-30-16-18-32(19-17-30)28-10-11-29(23(3)4)24(5)20-28/h6-11,20,23,25H,1,12-19,21H2,2-5H3. The molecule has 0 spiro atoms. The molecule has 0 radical (unpaired) electrons. The SMILES string of the molecule is C=C(C)c1ccc(N2CCC(CN3CCN(c4ccc(C(C)C)c(C)c4)CC3)CC2)cc1. The first-order valence-electron chi connectivity index (χ1n) is 12.5. The Morgan fingerprint density at radius 3 is 2.03 bits per heavy atom. The van der Waals surface area contributed by atoms with E-state index in [1.54, 1.807) is 0 Å². The fourth-order valence-electron chi connectivity index (χ4n) is 5.39. The lowest BCUT2D eigenvalue weighted by molar-refractivity contribution is 0.201. The summed E-state index contributed by atoms with van der Waals surface area (Å²) in [6.45, 7) is 21.2. The Bertz CT molecular complexity index is 898. The molecule has 4 rings (SSSR count). The summed E-state index contributed by atoms with van der Waals surface area (Å²) in [5.74, 6) is 1.43. The monoisotopic (exact) mass is 431 g/mol. The lowest BCUT2D eigenvalue weighted by Crippen LogP contribution is -2.49. The molecule has 0 saturated carbocycles. The fraction of sp³-hybridized carbons (Fsp3) is 0.517. The first-order valence-corrected chi connectivity index (χ1v) is 12.5. The zero-order valence-corrected chi connectivity index (χ0v) is 20.6. The van der Waals surface area contributed by atoms with Crippen LogP contribution in [0.2, 0.25) is 0 Å². The fourth-order valence-corrected chi connectivity index (χ4v) is 5.39. The predicted molar refractivity (Wildman–Crippen MR) is 140 cm³/mol. The van der Waals surface area contributed by atoms with E-state index < -0.39 is 0 Å². The van der Waals surface area contributed by atoms with Gasteiger partial charge < -0.3 is 9.80 Å². The summed E-state index contributed by atoms with van der Waals surface area (Å²) in [7, 11) is 0. The van der Waals surface area contributed by atoms with E-state index >= 15 is 0 Å². The van der Waals surface area contributed by atoms with Gasteiger partial charge in [-0.1, -0.05) is 44.2 Å². The smallest absolute Gasteiger partial charge is 0.0369 e. The molecule has 3 heteroatoms. The molecule has 2 aromatic rings. The third kappa shape index (κ3) is 5.38. The van der Waals surface area contributed by atoms with E-state index in [0.29, 0.717) is 5.92 Å². The van der Waals surface area contributed by atoms with Crippen LogP contribution in [0.1, 0.15) is 56.2 Å². The van der Waals surface area contributed by atoms with Crippen LogP contribution in [-0.2, 0) is 0 Å². The molecular weight excluding hydrogens is 390 g/mol. The predicted octanol–water partition coefficient (Wildman–Crippen LogP) is 6.19. The van der Waals surface area contributed by atoms with Crippen LogP contribution in [-0.4, -0.2) is 50.7 Å². The van der Waals surface area contributed by atoms with Crippen LogP contribution >= 0.6 is 0 Å². The Balaban J connectivity index is 1.23. The Hall–Kier alpha value is -2.26. The maximum absolute atomic E-state index is 4.05. The number of benzene rings is 2. The summed E-state index contributed by atoms with van der Waals surface area (Å²) in [6.07, 6.45) is 2.61. The third-order valence-corrected chi connectivity index (χ3v) is 7.47. The third-order valence-electron chi connectivity index (χ3n) is 7.47. The molecular formula is C29H41N3. The molecule has 0 bridgehead atoms. The van der Waals surface area contributed by atoms with Crippen LogP contribution in [0.5, 0.6) is 0 Å². The Labute approximate surface area is 195 Å². The van der Waals surface area contributed by atoms with Crippen molar-refractivity contribution in [1.29, 1.82) is 0 Å². The van der Waals surface area contributed by atoms with Crippen molar-refractivity contribution < 1.29 is 0 Å². The summed E-state index contributed by atoms with van der Waals surface area (Å²) in [5, 5.41) is 0. The van der Waals surface area contributed by atoms with Gasteiger partial charge in [0.2, 0.25) is 0 Å². The van der Waals surface area contributed by atoms with Gasteiger partial charge in [0.15, 0.2) is 0 Å². The van der Waals surface area contributed by atoms with Gasteiger partial charge in [-0.25, -0.2) is 0 Å². The molecule has 0 aromatic heterocycles. The molecule has 2 aromatic carbocycles. The highest BCUT2D eigenvalue weighted by atomic mass is 15.3. The molecule has 2 aliphatic rings. The summed E-state index contributed by atoms with van der Waals surface area (Å²) >= 11 is 0. The van der Waals surface area contributed by atoms with Gasteiger partial charge in [0, 0.05) is 57.2 Å². The van der Waals surface area contributed by atoms with E-state index in [9.17, 15) is 0 Å². The van der Waals surface area contributed by atoms with Gasteiger partial charge in [0.1, 0.15) is 0 Å². The number of anilines is 2. The van der Waals surface area contributed by atoms with Gasteiger partial charge in [0.25, 0.3) is 0 Å². The minimum absolute atomic E-state index is 0.600. The van der Waals surface area contributed by atoms with Crippen LogP contribution in [0.15, 0.2) is 49.0 Å². The van der Waals surface area contributed by atoms with Crippen molar-refractivity contribution in [1.82, 2.24) is 4.90 Å². The average Bonchev–Trinajstić information content (AvgIpc) is 2.80. The maximum Gasteiger partial charge on any atom is 0.0369 e. The van der Waals surface area contributed by atoms with Gasteiger partial charge >= 0.3 is 0 Å². The van der Waals surface area contributed by atoms with Crippen molar-refractivity contribution in [2.75, 3.05) is 55.6 Å². The van der Waals surface area contributed by atoms with Crippen molar-refractivity contribution in [2.45, 2.75) is 46.5 Å². The van der Waals surface area contributed by atoms with Crippen molar-refractivity contribution in [3.63, 3.8) is 0 Å². The molecule has 32 heavy (non-hydrogen) atoms. The largest absolute Gasteiger partial charge is 0.372 e. The maximum atomic E-state index is 4.05. The topological polar surface area (TPSA) is 9.72 Å².